The fourth-order valence-corrected chi connectivity index (χ4v) is 6.16. The Bertz CT molecular complexity index is 2400. The van der Waals surface area contributed by atoms with E-state index in [2.05, 4.69) is 77.4 Å². The number of fused-ring (bicyclic) bond motifs is 6. The summed E-state index contributed by atoms with van der Waals surface area (Å²) in [4.78, 5) is 0. The zero-order valence-corrected chi connectivity index (χ0v) is 22.4. The molecule has 0 saturated heterocycles. The van der Waals surface area contributed by atoms with Crippen LogP contribution in [0.5, 0.6) is 0 Å². The second-order valence-electron chi connectivity index (χ2n) is 10.4. The van der Waals surface area contributed by atoms with Crippen molar-refractivity contribution in [3.63, 3.8) is 0 Å². The van der Waals surface area contributed by atoms with Gasteiger partial charge in [0, 0.05) is 27.2 Å². The highest BCUT2D eigenvalue weighted by molar-refractivity contribution is 6.17. The Morgan fingerprint density at radius 2 is 1.19 bits per heavy atom. The number of aromatic nitrogens is 1. The van der Waals surface area contributed by atoms with Crippen molar-refractivity contribution in [3.8, 4) is 40.1 Å². The first-order chi connectivity index (χ1) is 20.7. The van der Waals surface area contributed by atoms with Crippen molar-refractivity contribution in [1.29, 1.82) is 10.5 Å². The molecule has 4 heteroatoms. The van der Waals surface area contributed by atoms with E-state index in [0.29, 0.717) is 11.1 Å². The van der Waals surface area contributed by atoms with Gasteiger partial charge in [0.25, 0.3) is 0 Å². The van der Waals surface area contributed by atoms with Crippen LogP contribution in [0.2, 0.25) is 0 Å². The van der Waals surface area contributed by atoms with Crippen LogP contribution in [0, 0.1) is 22.7 Å². The van der Waals surface area contributed by atoms with Crippen molar-refractivity contribution in [2.24, 2.45) is 0 Å². The first-order valence-electron chi connectivity index (χ1n) is 13.7. The molecule has 0 atom stereocenters. The lowest BCUT2D eigenvalue weighted by Crippen LogP contribution is -1.93. The second kappa shape index (κ2) is 9.24. The van der Waals surface area contributed by atoms with Crippen LogP contribution in [-0.4, -0.2) is 4.57 Å². The highest BCUT2D eigenvalue weighted by atomic mass is 16.3. The molecule has 2 heterocycles. The largest absolute Gasteiger partial charge is 0.456 e. The fourth-order valence-electron chi connectivity index (χ4n) is 6.16. The Kier molecular flexibility index (Phi) is 5.22. The van der Waals surface area contributed by atoms with Crippen molar-refractivity contribution >= 4 is 43.7 Å². The summed E-state index contributed by atoms with van der Waals surface area (Å²) in [5, 5.41) is 23.7. The van der Waals surface area contributed by atoms with Crippen LogP contribution in [0.4, 0.5) is 0 Å². The van der Waals surface area contributed by atoms with Gasteiger partial charge in [-0.2, -0.15) is 10.5 Å². The third-order valence-electron chi connectivity index (χ3n) is 8.02. The van der Waals surface area contributed by atoms with Gasteiger partial charge in [-0.15, -0.1) is 0 Å². The summed E-state index contributed by atoms with van der Waals surface area (Å²) in [6.07, 6.45) is 0. The normalized spacial score (nSPS) is 11.3. The number of nitriles is 2. The van der Waals surface area contributed by atoms with Crippen LogP contribution in [0.3, 0.4) is 0 Å². The Morgan fingerprint density at radius 1 is 0.500 bits per heavy atom. The summed E-state index contributed by atoms with van der Waals surface area (Å²) in [6, 6.07) is 47.5. The van der Waals surface area contributed by atoms with Gasteiger partial charge in [0.15, 0.2) is 0 Å². The summed E-state index contributed by atoms with van der Waals surface area (Å²) < 4.78 is 8.36. The molecule has 0 unspecified atom stereocenters. The topological polar surface area (TPSA) is 65.7 Å². The highest BCUT2D eigenvalue weighted by Gasteiger charge is 2.18. The molecule has 4 nitrogen and oxygen atoms in total. The van der Waals surface area contributed by atoms with Crippen LogP contribution in [0.15, 0.2) is 132 Å². The molecule has 6 aromatic carbocycles. The zero-order valence-electron chi connectivity index (χ0n) is 22.4. The summed E-state index contributed by atoms with van der Waals surface area (Å²) in [6.45, 7) is 0. The third kappa shape index (κ3) is 3.60. The molecule has 0 N–H and O–H groups in total. The number of hydrogen-bond acceptors (Lipinski definition) is 3. The minimum atomic E-state index is 0.467. The van der Waals surface area contributed by atoms with Gasteiger partial charge in [-0.1, -0.05) is 60.7 Å². The van der Waals surface area contributed by atoms with Gasteiger partial charge in [-0.05, 0) is 89.0 Å². The molecule has 0 fully saturated rings. The van der Waals surface area contributed by atoms with Gasteiger partial charge < -0.3 is 8.98 Å². The van der Waals surface area contributed by atoms with Crippen LogP contribution in [-0.2, 0) is 0 Å². The van der Waals surface area contributed by atoms with Crippen LogP contribution < -0.4 is 0 Å². The van der Waals surface area contributed by atoms with Gasteiger partial charge in [0.05, 0.1) is 34.3 Å². The molecule has 0 aliphatic rings. The van der Waals surface area contributed by atoms with Gasteiger partial charge in [-0.25, -0.2) is 0 Å². The lowest BCUT2D eigenvalue weighted by Gasteiger charge is -2.09. The minimum Gasteiger partial charge on any atom is -0.456 e. The number of benzene rings is 6. The van der Waals surface area contributed by atoms with E-state index in [9.17, 15) is 10.5 Å². The molecule has 0 aliphatic heterocycles. The zero-order chi connectivity index (χ0) is 28.2. The van der Waals surface area contributed by atoms with Gasteiger partial charge in [-0.3, -0.25) is 0 Å². The smallest absolute Gasteiger partial charge is 0.135 e. The van der Waals surface area contributed by atoms with Crippen LogP contribution in [0.25, 0.3) is 71.7 Å². The Hall–Kier alpha value is -6.10. The van der Waals surface area contributed by atoms with Crippen LogP contribution >= 0.6 is 0 Å². The highest BCUT2D eigenvalue weighted by Crippen LogP contribution is 2.41. The predicted octanol–water partition coefficient (Wildman–Crippen LogP) is 9.76. The van der Waals surface area contributed by atoms with E-state index in [1.54, 1.807) is 6.07 Å². The van der Waals surface area contributed by atoms with Gasteiger partial charge in [0.1, 0.15) is 11.2 Å². The minimum absolute atomic E-state index is 0.467. The van der Waals surface area contributed by atoms with Gasteiger partial charge >= 0.3 is 0 Å². The van der Waals surface area contributed by atoms with Crippen molar-refractivity contribution in [1.82, 2.24) is 4.57 Å². The van der Waals surface area contributed by atoms with Crippen LogP contribution in [0.1, 0.15) is 11.1 Å². The van der Waals surface area contributed by atoms with Crippen molar-refractivity contribution in [2.45, 2.75) is 0 Å². The monoisotopic (exact) mass is 535 g/mol. The van der Waals surface area contributed by atoms with E-state index < -0.39 is 0 Å². The molecule has 8 aromatic rings. The second-order valence-corrected chi connectivity index (χ2v) is 10.4. The molecule has 8 rings (SSSR count). The first-order valence-corrected chi connectivity index (χ1v) is 13.7. The van der Waals surface area contributed by atoms with E-state index in [4.69, 9.17) is 4.42 Å². The molecule has 0 bridgehead atoms. The molecular weight excluding hydrogens is 514 g/mol. The SMILES string of the molecule is N#Cc1cc(C#N)cc(-c2cccc3c2c2cc(-c4ccc5oc6ccccc6c5c4)ccc2n3-c2ccccc2)c1. The fraction of sp³-hybridized carbons (Fsp3) is 0. The maximum atomic E-state index is 9.68. The summed E-state index contributed by atoms with van der Waals surface area (Å²) in [7, 11) is 0. The number of hydrogen-bond donors (Lipinski definition) is 0. The van der Waals surface area contributed by atoms with Crippen molar-refractivity contribution in [3.05, 3.63) is 139 Å². The third-order valence-corrected chi connectivity index (χ3v) is 8.02. The lowest BCUT2D eigenvalue weighted by molar-refractivity contribution is 0.669. The summed E-state index contributed by atoms with van der Waals surface area (Å²) in [5.41, 5.74) is 9.92. The molecule has 194 valence electrons. The van der Waals surface area contributed by atoms with Gasteiger partial charge in [0.2, 0.25) is 0 Å². The van der Waals surface area contributed by atoms with E-state index in [1.807, 2.05) is 60.7 Å². The molecule has 0 spiro atoms. The first kappa shape index (κ1) is 23.8. The van der Waals surface area contributed by atoms with E-state index in [-0.39, 0.29) is 0 Å². The maximum absolute atomic E-state index is 9.68. The quantitative estimate of drug-likeness (QED) is 0.226. The Morgan fingerprint density at radius 3 is 1.98 bits per heavy atom. The lowest BCUT2D eigenvalue weighted by atomic mass is 9.95. The molecule has 0 amide bonds. The molecular formula is C38H21N3O. The maximum Gasteiger partial charge on any atom is 0.135 e. The number of rotatable bonds is 3. The summed E-state index contributed by atoms with van der Waals surface area (Å²) in [5.74, 6) is 0. The Labute approximate surface area is 241 Å². The average molecular weight is 536 g/mol. The Balaban J connectivity index is 1.44. The molecule has 2 aromatic heterocycles. The van der Waals surface area contributed by atoms with Crippen molar-refractivity contribution in [2.75, 3.05) is 0 Å². The standard InChI is InChI=1S/C38H21N3O/c39-22-24-17-25(23-40)19-28(18-24)30-10-6-11-35-38(30)33-21-26(13-15-34(33)41(35)29-7-2-1-3-8-29)27-14-16-37-32(20-27)31-9-4-5-12-36(31)42-37/h1-21H. The van der Waals surface area contributed by atoms with E-state index in [1.165, 1.54) is 0 Å². The molecule has 42 heavy (non-hydrogen) atoms. The molecule has 0 aliphatic carbocycles. The summed E-state index contributed by atoms with van der Waals surface area (Å²) >= 11 is 0. The predicted molar refractivity (Wildman–Crippen MR) is 168 cm³/mol. The van der Waals surface area contributed by atoms with Crippen molar-refractivity contribution < 1.29 is 4.42 Å². The number of furan rings is 1. The number of nitrogens with zero attached hydrogens (tertiary/aromatic N) is 3. The average Bonchev–Trinajstić information content (AvgIpc) is 3.59. The molecule has 0 radical (unpaired) electrons. The van der Waals surface area contributed by atoms with E-state index >= 15 is 0 Å². The molecule has 0 saturated carbocycles. The van der Waals surface area contributed by atoms with E-state index in [0.717, 1.165) is 71.7 Å². The number of para-hydroxylation sites is 2.